The summed E-state index contributed by atoms with van der Waals surface area (Å²) in [4.78, 5) is 14.1. The van der Waals surface area contributed by atoms with E-state index in [0.29, 0.717) is 31.2 Å². The first-order chi connectivity index (χ1) is 11.7. The molecule has 0 heterocycles. The quantitative estimate of drug-likeness (QED) is 0.790. The van der Waals surface area contributed by atoms with E-state index < -0.39 is 0 Å². The summed E-state index contributed by atoms with van der Waals surface area (Å²) in [5.74, 6) is 1.35. The molecule has 0 aliphatic heterocycles. The van der Waals surface area contributed by atoms with Crippen molar-refractivity contribution in [3.05, 3.63) is 54.1 Å². The van der Waals surface area contributed by atoms with E-state index in [4.69, 9.17) is 9.47 Å². The summed E-state index contributed by atoms with van der Waals surface area (Å²) in [6.45, 7) is 5.35. The van der Waals surface area contributed by atoms with Gasteiger partial charge >= 0.3 is 6.03 Å². The van der Waals surface area contributed by atoms with E-state index in [1.54, 1.807) is 12.0 Å². The Morgan fingerprint density at radius 3 is 2.54 bits per heavy atom. The van der Waals surface area contributed by atoms with Crippen LogP contribution in [-0.4, -0.2) is 32.8 Å². The van der Waals surface area contributed by atoms with E-state index in [1.165, 1.54) is 0 Å². The fourth-order valence-electron chi connectivity index (χ4n) is 2.39. The zero-order chi connectivity index (χ0) is 17.4. The normalized spacial score (nSPS) is 10.1. The number of amides is 2. The molecule has 0 aromatic heterocycles. The Hall–Kier alpha value is -2.69. The molecule has 0 atom stereocenters. The molecule has 0 saturated carbocycles. The summed E-state index contributed by atoms with van der Waals surface area (Å²) >= 11 is 0. The lowest BCUT2D eigenvalue weighted by Crippen LogP contribution is -2.41. The van der Waals surface area contributed by atoms with Gasteiger partial charge in [0.05, 0.1) is 13.7 Å². The molecule has 2 rings (SSSR count). The lowest BCUT2D eigenvalue weighted by atomic mass is 10.2. The Labute approximate surface area is 143 Å². The van der Waals surface area contributed by atoms with Crippen LogP contribution >= 0.6 is 0 Å². The van der Waals surface area contributed by atoms with Crippen molar-refractivity contribution < 1.29 is 14.3 Å². The number of carbonyl (C=O) groups excluding carboxylic acids is 1. The monoisotopic (exact) mass is 328 g/mol. The van der Waals surface area contributed by atoms with Gasteiger partial charge in [0.2, 0.25) is 0 Å². The molecule has 0 unspecified atom stereocenters. The third-order valence-corrected chi connectivity index (χ3v) is 3.58. The van der Waals surface area contributed by atoms with Crippen molar-refractivity contribution in [2.45, 2.75) is 13.8 Å². The highest BCUT2D eigenvalue weighted by Crippen LogP contribution is 2.25. The number of urea groups is 1. The average Bonchev–Trinajstić information content (AvgIpc) is 2.60. The molecule has 24 heavy (non-hydrogen) atoms. The molecular formula is C19H24N2O3. The van der Waals surface area contributed by atoms with Crippen molar-refractivity contribution in [3.63, 3.8) is 0 Å². The summed E-state index contributed by atoms with van der Waals surface area (Å²) in [5, 5.41) is 2.88. The van der Waals surface area contributed by atoms with Crippen molar-refractivity contribution in [1.82, 2.24) is 5.32 Å². The van der Waals surface area contributed by atoms with Crippen LogP contribution in [0.5, 0.6) is 11.5 Å². The van der Waals surface area contributed by atoms with Gasteiger partial charge in [0.15, 0.2) is 11.5 Å². The van der Waals surface area contributed by atoms with Crippen molar-refractivity contribution in [2.24, 2.45) is 0 Å². The van der Waals surface area contributed by atoms with Gasteiger partial charge < -0.3 is 14.8 Å². The molecule has 0 aliphatic rings. The van der Waals surface area contributed by atoms with Crippen LogP contribution in [0.4, 0.5) is 10.5 Å². The van der Waals surface area contributed by atoms with Gasteiger partial charge in [0, 0.05) is 12.2 Å². The Morgan fingerprint density at radius 1 is 1.12 bits per heavy atom. The van der Waals surface area contributed by atoms with Crippen molar-refractivity contribution in [1.29, 1.82) is 0 Å². The van der Waals surface area contributed by atoms with Gasteiger partial charge in [0.25, 0.3) is 0 Å². The summed E-state index contributed by atoms with van der Waals surface area (Å²) < 4.78 is 10.9. The minimum atomic E-state index is -0.133. The molecule has 2 amide bonds. The van der Waals surface area contributed by atoms with Crippen LogP contribution in [0.15, 0.2) is 48.5 Å². The molecule has 0 saturated heterocycles. The fourth-order valence-corrected chi connectivity index (χ4v) is 2.39. The molecule has 0 radical (unpaired) electrons. The number of carbonyl (C=O) groups is 1. The molecule has 5 heteroatoms. The fraction of sp³-hybridized carbons (Fsp3) is 0.316. The second-order valence-corrected chi connectivity index (χ2v) is 5.31. The van der Waals surface area contributed by atoms with Crippen LogP contribution in [0.3, 0.4) is 0 Å². The van der Waals surface area contributed by atoms with Crippen LogP contribution in [0, 0.1) is 6.92 Å². The second-order valence-electron chi connectivity index (χ2n) is 5.31. The molecule has 2 aromatic carbocycles. The van der Waals surface area contributed by atoms with Gasteiger partial charge in [-0.25, -0.2) is 4.79 Å². The summed E-state index contributed by atoms with van der Waals surface area (Å²) in [5.41, 5.74) is 2.01. The van der Waals surface area contributed by atoms with Gasteiger partial charge in [-0.05, 0) is 43.7 Å². The first kappa shape index (κ1) is 17.7. The van der Waals surface area contributed by atoms with Gasteiger partial charge in [0.1, 0.15) is 6.61 Å². The van der Waals surface area contributed by atoms with E-state index in [9.17, 15) is 4.79 Å². The topological polar surface area (TPSA) is 50.8 Å². The number of para-hydroxylation sites is 2. The third kappa shape index (κ3) is 4.65. The van der Waals surface area contributed by atoms with E-state index in [2.05, 4.69) is 5.32 Å². The van der Waals surface area contributed by atoms with Crippen LogP contribution in [0.2, 0.25) is 0 Å². The second kappa shape index (κ2) is 8.82. The molecule has 0 bridgehead atoms. The zero-order valence-corrected chi connectivity index (χ0v) is 14.4. The van der Waals surface area contributed by atoms with E-state index >= 15 is 0 Å². The average molecular weight is 328 g/mol. The van der Waals surface area contributed by atoms with Gasteiger partial charge in [-0.3, -0.25) is 4.90 Å². The maximum atomic E-state index is 12.4. The minimum Gasteiger partial charge on any atom is -0.493 e. The Kier molecular flexibility index (Phi) is 6.49. The van der Waals surface area contributed by atoms with Crippen molar-refractivity contribution in [3.8, 4) is 11.5 Å². The van der Waals surface area contributed by atoms with Gasteiger partial charge in [-0.2, -0.15) is 0 Å². The van der Waals surface area contributed by atoms with Crippen molar-refractivity contribution >= 4 is 11.7 Å². The number of ether oxygens (including phenoxy) is 2. The lowest BCUT2D eigenvalue weighted by molar-refractivity contribution is 0.241. The first-order valence-corrected chi connectivity index (χ1v) is 8.03. The first-order valence-electron chi connectivity index (χ1n) is 8.03. The predicted molar refractivity (Wildman–Crippen MR) is 96.1 cm³/mol. The molecule has 128 valence electrons. The summed E-state index contributed by atoms with van der Waals surface area (Å²) in [6.07, 6.45) is 0. The Bertz CT molecular complexity index is 673. The van der Waals surface area contributed by atoms with Crippen LogP contribution < -0.4 is 19.7 Å². The van der Waals surface area contributed by atoms with Crippen LogP contribution in [0.25, 0.3) is 0 Å². The number of hydrogen-bond donors (Lipinski definition) is 1. The third-order valence-electron chi connectivity index (χ3n) is 3.58. The van der Waals surface area contributed by atoms with Crippen LogP contribution in [-0.2, 0) is 0 Å². The number of aryl methyl sites for hydroxylation is 1. The number of anilines is 1. The van der Waals surface area contributed by atoms with Gasteiger partial charge in [-0.15, -0.1) is 0 Å². The number of benzene rings is 2. The molecule has 1 N–H and O–H groups in total. The molecule has 0 aliphatic carbocycles. The number of rotatable bonds is 7. The van der Waals surface area contributed by atoms with Crippen LogP contribution in [0.1, 0.15) is 12.5 Å². The molecule has 5 nitrogen and oxygen atoms in total. The van der Waals surface area contributed by atoms with Crippen molar-refractivity contribution in [2.75, 3.05) is 31.7 Å². The molecule has 2 aromatic rings. The minimum absolute atomic E-state index is 0.133. The highest BCUT2D eigenvalue weighted by atomic mass is 16.5. The largest absolute Gasteiger partial charge is 0.493 e. The standard InChI is InChI=1S/C19H24N2O3/c1-4-21(16-9-7-8-15(2)14-16)19(22)20-12-13-24-18-11-6-5-10-17(18)23-3/h5-11,14H,4,12-13H2,1-3H3,(H,20,22). The smallest absolute Gasteiger partial charge is 0.321 e. The maximum absolute atomic E-state index is 12.4. The number of nitrogens with one attached hydrogen (secondary N) is 1. The zero-order valence-electron chi connectivity index (χ0n) is 14.4. The number of methoxy groups -OCH3 is 1. The van der Waals surface area contributed by atoms with E-state index in [1.807, 2.05) is 62.4 Å². The Morgan fingerprint density at radius 2 is 1.88 bits per heavy atom. The predicted octanol–water partition coefficient (Wildman–Crippen LogP) is 3.62. The molecule has 0 spiro atoms. The highest BCUT2D eigenvalue weighted by Gasteiger charge is 2.13. The van der Waals surface area contributed by atoms with Gasteiger partial charge in [-0.1, -0.05) is 24.3 Å². The SMILES string of the molecule is CCN(C(=O)NCCOc1ccccc1OC)c1cccc(C)c1. The number of hydrogen-bond acceptors (Lipinski definition) is 3. The Balaban J connectivity index is 1.86. The maximum Gasteiger partial charge on any atom is 0.321 e. The van der Waals surface area contributed by atoms with E-state index in [0.717, 1.165) is 11.3 Å². The number of nitrogens with zero attached hydrogens (tertiary/aromatic N) is 1. The van der Waals surface area contributed by atoms with E-state index in [-0.39, 0.29) is 6.03 Å². The summed E-state index contributed by atoms with van der Waals surface area (Å²) in [7, 11) is 1.60. The summed E-state index contributed by atoms with van der Waals surface area (Å²) in [6, 6.07) is 15.2. The highest BCUT2D eigenvalue weighted by molar-refractivity contribution is 5.91. The molecular weight excluding hydrogens is 304 g/mol. The lowest BCUT2D eigenvalue weighted by Gasteiger charge is -2.22. The molecule has 0 fully saturated rings.